The first-order valence-electron chi connectivity index (χ1n) is 15.5. The third-order valence-electron chi connectivity index (χ3n) is 9.12. The van der Waals surface area contributed by atoms with E-state index in [0.717, 1.165) is 17.7 Å². The lowest BCUT2D eigenvalue weighted by Gasteiger charge is -2.50. The van der Waals surface area contributed by atoms with Crippen LogP contribution in [0.1, 0.15) is 74.2 Å². The maximum absolute atomic E-state index is 14.1. The molecule has 0 unspecified atom stereocenters. The van der Waals surface area contributed by atoms with Crippen LogP contribution < -0.4 is 4.90 Å². The number of nitrogens with zero attached hydrogens (tertiary/aromatic N) is 3. The van der Waals surface area contributed by atoms with Crippen molar-refractivity contribution >= 4 is 29.2 Å². The highest BCUT2D eigenvalue weighted by molar-refractivity contribution is 6.00. The van der Waals surface area contributed by atoms with Gasteiger partial charge in [0.15, 0.2) is 0 Å². The summed E-state index contributed by atoms with van der Waals surface area (Å²) in [6, 6.07) is 15.4. The lowest BCUT2D eigenvalue weighted by Crippen LogP contribution is -2.51. The first kappa shape index (κ1) is 31.4. The number of carbonyl (C=O) groups excluding carboxylic acids is 3. The summed E-state index contributed by atoms with van der Waals surface area (Å²) in [5, 5.41) is 0. The van der Waals surface area contributed by atoms with Crippen molar-refractivity contribution in [3.05, 3.63) is 82.9 Å². The van der Waals surface area contributed by atoms with E-state index in [1.165, 1.54) is 18.3 Å². The molecule has 234 valence electrons. The van der Waals surface area contributed by atoms with Crippen LogP contribution in [0.15, 0.2) is 66.3 Å². The minimum absolute atomic E-state index is 0.0256. The number of amides is 2. The minimum atomic E-state index is -0.533. The number of hydrogen-bond acceptors (Lipinski definition) is 6. The maximum atomic E-state index is 14.1. The normalized spacial score (nSPS) is 21.6. The van der Waals surface area contributed by atoms with Crippen molar-refractivity contribution in [1.82, 2.24) is 9.80 Å². The molecule has 0 N–H and O–H groups in total. The number of para-hydroxylation sites is 1. The Morgan fingerprint density at radius 2 is 1.50 bits per heavy atom. The van der Waals surface area contributed by atoms with Gasteiger partial charge in [-0.2, -0.15) is 0 Å². The summed E-state index contributed by atoms with van der Waals surface area (Å²) < 4.78 is 10.4. The van der Waals surface area contributed by atoms with Crippen LogP contribution in [0, 0.1) is 10.8 Å². The average Bonchev–Trinajstić information content (AvgIpc) is 2.99. The number of allylic oxidation sites excluding steroid dienone is 2. The molecule has 0 bridgehead atoms. The van der Waals surface area contributed by atoms with Crippen LogP contribution in [0.3, 0.4) is 0 Å². The van der Waals surface area contributed by atoms with Crippen molar-refractivity contribution in [2.75, 3.05) is 51.3 Å². The molecule has 1 atom stereocenters. The number of benzene rings is 2. The fourth-order valence-electron chi connectivity index (χ4n) is 7.02. The Hall–Kier alpha value is -4.07. The summed E-state index contributed by atoms with van der Waals surface area (Å²) >= 11 is 0. The van der Waals surface area contributed by atoms with Gasteiger partial charge in [0.25, 0.3) is 5.91 Å². The first-order valence-corrected chi connectivity index (χ1v) is 15.5. The molecule has 8 nitrogen and oxygen atoms in total. The van der Waals surface area contributed by atoms with Crippen LogP contribution in [0.2, 0.25) is 0 Å². The average molecular weight is 600 g/mol. The molecular weight excluding hydrogens is 554 g/mol. The lowest BCUT2D eigenvalue weighted by molar-refractivity contribution is 0.0240. The second-order valence-electron chi connectivity index (χ2n) is 13.9. The zero-order chi connectivity index (χ0) is 31.9. The summed E-state index contributed by atoms with van der Waals surface area (Å²) in [7, 11) is 1.39. The van der Waals surface area contributed by atoms with E-state index in [-0.39, 0.29) is 28.8 Å². The van der Waals surface area contributed by atoms with Crippen LogP contribution >= 0.6 is 0 Å². The molecule has 2 aromatic carbocycles. The first-order chi connectivity index (χ1) is 20.7. The Bertz CT molecular complexity index is 1490. The fourth-order valence-corrected chi connectivity index (χ4v) is 7.02. The van der Waals surface area contributed by atoms with Gasteiger partial charge in [-0.15, -0.1) is 0 Å². The molecule has 0 radical (unpaired) electrons. The molecule has 1 saturated heterocycles. The summed E-state index contributed by atoms with van der Waals surface area (Å²) in [5.41, 5.74) is 4.83. The predicted molar refractivity (Wildman–Crippen MR) is 173 cm³/mol. The largest absolute Gasteiger partial charge is 0.465 e. The molecule has 3 aliphatic rings. The summed E-state index contributed by atoms with van der Waals surface area (Å²) in [5.74, 6) is -0.317. The fraction of sp³-hybridized carbons (Fsp3) is 0.472. The number of methoxy groups -OCH3 is 1. The van der Waals surface area contributed by atoms with E-state index >= 15 is 0 Å². The zero-order valence-corrected chi connectivity index (χ0v) is 27.1. The number of ether oxygens (including phenoxy) is 2. The van der Waals surface area contributed by atoms with Crippen molar-refractivity contribution in [2.45, 2.75) is 53.6 Å². The van der Waals surface area contributed by atoms with Crippen molar-refractivity contribution in [1.29, 1.82) is 0 Å². The third-order valence-corrected chi connectivity index (χ3v) is 9.12. The van der Waals surface area contributed by atoms with E-state index in [2.05, 4.69) is 37.8 Å². The monoisotopic (exact) mass is 599 g/mol. The molecule has 0 saturated carbocycles. The van der Waals surface area contributed by atoms with E-state index in [9.17, 15) is 14.4 Å². The SMILES string of the molecule is COC(=O)c1ccc(C2=CC[C@]3(C)CN(C(=O)c4ccccc4N4CCN(C(=O)OC(C)(C)C)CC4)CC=C3C2(C)C)cc1. The molecular formula is C36H45N3O5. The summed E-state index contributed by atoms with van der Waals surface area (Å²) in [6.07, 6.45) is 5.07. The van der Waals surface area contributed by atoms with Gasteiger partial charge in [0.2, 0.25) is 0 Å². The molecule has 1 fully saturated rings. The molecule has 2 aromatic rings. The predicted octanol–water partition coefficient (Wildman–Crippen LogP) is 6.43. The Morgan fingerprint density at radius 3 is 2.14 bits per heavy atom. The number of carbonyl (C=O) groups is 3. The topological polar surface area (TPSA) is 79.4 Å². The lowest BCUT2D eigenvalue weighted by atomic mass is 9.58. The summed E-state index contributed by atoms with van der Waals surface area (Å²) in [4.78, 5) is 44.5. The van der Waals surface area contributed by atoms with Gasteiger partial charge in [-0.3, -0.25) is 4.79 Å². The van der Waals surface area contributed by atoms with Gasteiger partial charge in [0, 0.05) is 55.8 Å². The molecule has 44 heavy (non-hydrogen) atoms. The van der Waals surface area contributed by atoms with Gasteiger partial charge in [-0.1, -0.05) is 62.8 Å². The Balaban J connectivity index is 1.31. The van der Waals surface area contributed by atoms with Crippen LogP contribution in [0.25, 0.3) is 5.57 Å². The highest BCUT2D eigenvalue weighted by Gasteiger charge is 2.46. The molecule has 2 heterocycles. The van der Waals surface area contributed by atoms with E-state index < -0.39 is 5.60 Å². The van der Waals surface area contributed by atoms with Crippen LogP contribution in [-0.2, 0) is 9.47 Å². The van der Waals surface area contributed by atoms with E-state index in [4.69, 9.17) is 9.47 Å². The van der Waals surface area contributed by atoms with Crippen molar-refractivity contribution in [2.24, 2.45) is 10.8 Å². The number of piperazine rings is 1. The molecule has 0 spiro atoms. The molecule has 2 amide bonds. The maximum Gasteiger partial charge on any atom is 0.410 e. The number of hydrogen-bond donors (Lipinski definition) is 0. The number of anilines is 1. The molecule has 5 rings (SSSR count). The highest BCUT2D eigenvalue weighted by atomic mass is 16.6. The molecule has 1 aliphatic carbocycles. The standard InChI is InChI=1S/C36H45N3O5/c1-34(2,3)44-33(42)38-22-20-37(21-23-38)29-11-9-8-10-27(29)31(40)39-19-17-30-35(4,5)28(16-18-36(30,6)24-39)25-12-14-26(15-13-25)32(41)43-7/h8-17H,18-24H2,1-7H3/t36-/m1/s1. The minimum Gasteiger partial charge on any atom is -0.465 e. The summed E-state index contributed by atoms with van der Waals surface area (Å²) in [6.45, 7) is 15.9. The third kappa shape index (κ3) is 6.12. The van der Waals surface area contributed by atoms with Gasteiger partial charge in [-0.05, 0) is 62.6 Å². The van der Waals surface area contributed by atoms with Gasteiger partial charge < -0.3 is 24.2 Å². The second kappa shape index (κ2) is 11.8. The molecule has 2 aliphatic heterocycles. The van der Waals surface area contributed by atoms with Crippen LogP contribution in [0.5, 0.6) is 0 Å². The van der Waals surface area contributed by atoms with Gasteiger partial charge in [-0.25, -0.2) is 9.59 Å². The van der Waals surface area contributed by atoms with E-state index in [0.29, 0.717) is 50.4 Å². The number of fused-ring (bicyclic) bond motifs is 1. The van der Waals surface area contributed by atoms with Crippen LogP contribution in [-0.4, -0.2) is 79.7 Å². The van der Waals surface area contributed by atoms with Crippen molar-refractivity contribution in [3.63, 3.8) is 0 Å². The van der Waals surface area contributed by atoms with Gasteiger partial charge in [0.1, 0.15) is 5.60 Å². The van der Waals surface area contributed by atoms with Crippen LogP contribution in [0.4, 0.5) is 10.5 Å². The van der Waals surface area contributed by atoms with E-state index in [1.54, 1.807) is 4.90 Å². The number of rotatable bonds is 4. The zero-order valence-electron chi connectivity index (χ0n) is 27.1. The Labute approximate surface area is 261 Å². The van der Waals surface area contributed by atoms with Gasteiger partial charge in [0.05, 0.1) is 18.2 Å². The smallest absolute Gasteiger partial charge is 0.410 e. The highest BCUT2D eigenvalue weighted by Crippen LogP contribution is 2.55. The van der Waals surface area contributed by atoms with Crippen molar-refractivity contribution < 1.29 is 23.9 Å². The van der Waals surface area contributed by atoms with E-state index in [1.807, 2.05) is 74.2 Å². The molecule has 0 aromatic heterocycles. The molecule has 8 heteroatoms. The van der Waals surface area contributed by atoms with Gasteiger partial charge >= 0.3 is 12.1 Å². The quantitative estimate of drug-likeness (QED) is 0.298. The number of esters is 1. The van der Waals surface area contributed by atoms with Crippen molar-refractivity contribution in [3.8, 4) is 0 Å². The Kier molecular flexibility index (Phi) is 8.40. The second-order valence-corrected chi connectivity index (χ2v) is 13.9. The Morgan fingerprint density at radius 1 is 0.841 bits per heavy atom.